The number of fused-ring (bicyclic) bond motifs is 1. The van der Waals surface area contributed by atoms with Crippen LogP contribution < -0.4 is 29.6 Å². The summed E-state index contributed by atoms with van der Waals surface area (Å²) >= 11 is 0. The van der Waals surface area contributed by atoms with Crippen LogP contribution in [0.15, 0.2) is 35.2 Å². The number of aryl methyl sites for hydroxylation is 2. The predicted octanol–water partition coefficient (Wildman–Crippen LogP) is 5.33. The van der Waals surface area contributed by atoms with Gasteiger partial charge in [-0.2, -0.15) is 0 Å². The molecule has 0 saturated carbocycles. The van der Waals surface area contributed by atoms with E-state index in [1.165, 1.54) is 76.2 Å². The molecule has 0 bridgehead atoms. The standard InChI is InChI=1S/C28H44O3S.Na/c1-3-5-7-9-11-13-15-17-24-19-22-27-26(23-24)21-20-25(28(27)32(29,30)31)18-16-14-12-10-8-6-4-2;/h19-23H,3-18H2,1-2H3,(H,29,30,31);/q;+1/p-1. The summed E-state index contributed by atoms with van der Waals surface area (Å²) in [5.74, 6) is 0. The summed E-state index contributed by atoms with van der Waals surface area (Å²) < 4.78 is 36.4. The van der Waals surface area contributed by atoms with Crippen LogP contribution in [-0.2, 0) is 23.0 Å². The van der Waals surface area contributed by atoms with Crippen molar-refractivity contribution in [2.75, 3.05) is 0 Å². The Bertz CT molecular complexity index is 909. The van der Waals surface area contributed by atoms with E-state index in [0.717, 1.165) is 31.1 Å². The molecule has 0 aliphatic carbocycles. The molecule has 180 valence electrons. The van der Waals surface area contributed by atoms with E-state index in [1.54, 1.807) is 0 Å². The quantitative estimate of drug-likeness (QED) is 0.174. The Morgan fingerprint density at radius 2 is 1.18 bits per heavy atom. The van der Waals surface area contributed by atoms with E-state index in [0.29, 0.717) is 17.4 Å². The van der Waals surface area contributed by atoms with E-state index in [2.05, 4.69) is 19.9 Å². The van der Waals surface area contributed by atoms with Crippen molar-refractivity contribution in [1.82, 2.24) is 0 Å². The van der Waals surface area contributed by atoms with Crippen molar-refractivity contribution in [3.63, 3.8) is 0 Å². The third kappa shape index (κ3) is 11.3. The molecule has 33 heavy (non-hydrogen) atoms. The summed E-state index contributed by atoms with van der Waals surface area (Å²) in [7, 11) is -4.51. The second-order valence-electron chi connectivity index (χ2n) is 9.31. The molecule has 0 unspecified atom stereocenters. The first-order chi connectivity index (χ1) is 15.5. The Labute approximate surface area is 225 Å². The van der Waals surface area contributed by atoms with Crippen LogP contribution >= 0.6 is 0 Å². The third-order valence-electron chi connectivity index (χ3n) is 6.49. The predicted molar refractivity (Wildman–Crippen MR) is 135 cm³/mol. The smallest absolute Gasteiger partial charge is 0.744 e. The molecule has 0 spiro atoms. The number of hydrogen-bond acceptors (Lipinski definition) is 3. The van der Waals surface area contributed by atoms with Gasteiger partial charge in [0.25, 0.3) is 0 Å². The maximum atomic E-state index is 12.1. The second-order valence-corrected chi connectivity index (χ2v) is 10.6. The zero-order chi connectivity index (χ0) is 23.2. The number of hydrogen-bond donors (Lipinski definition) is 0. The second kappa shape index (κ2) is 17.1. The van der Waals surface area contributed by atoms with Crippen LogP contribution in [0.1, 0.15) is 115 Å². The molecule has 0 radical (unpaired) electrons. The Morgan fingerprint density at radius 1 is 0.667 bits per heavy atom. The first-order valence-corrected chi connectivity index (χ1v) is 14.4. The molecule has 2 rings (SSSR count). The monoisotopic (exact) mass is 482 g/mol. The molecule has 3 nitrogen and oxygen atoms in total. The third-order valence-corrected chi connectivity index (χ3v) is 7.47. The Hall–Kier alpha value is -0.390. The van der Waals surface area contributed by atoms with E-state index in [9.17, 15) is 13.0 Å². The minimum Gasteiger partial charge on any atom is -0.744 e. The van der Waals surface area contributed by atoms with E-state index in [4.69, 9.17) is 0 Å². The van der Waals surface area contributed by atoms with Gasteiger partial charge in [-0.15, -0.1) is 0 Å². The molecule has 2 aromatic carbocycles. The fourth-order valence-electron chi connectivity index (χ4n) is 4.60. The molecular formula is C28H43NaO3S. The Morgan fingerprint density at radius 3 is 1.73 bits per heavy atom. The van der Waals surface area contributed by atoms with Crippen molar-refractivity contribution < 1.29 is 42.5 Å². The Kier molecular flexibility index (Phi) is 15.9. The summed E-state index contributed by atoms with van der Waals surface area (Å²) in [6.45, 7) is 4.45. The summed E-state index contributed by atoms with van der Waals surface area (Å²) in [4.78, 5) is 0.00320. The van der Waals surface area contributed by atoms with Gasteiger partial charge in [-0.05, 0) is 47.6 Å². The van der Waals surface area contributed by atoms with Gasteiger partial charge in [0.1, 0.15) is 10.1 Å². The average molecular weight is 483 g/mol. The molecule has 0 aliphatic heterocycles. The van der Waals surface area contributed by atoms with Gasteiger partial charge in [0, 0.05) is 0 Å². The van der Waals surface area contributed by atoms with Crippen molar-refractivity contribution in [2.45, 2.75) is 121 Å². The topological polar surface area (TPSA) is 57.2 Å². The first kappa shape index (κ1) is 30.6. The number of unbranched alkanes of at least 4 members (excludes halogenated alkanes) is 12. The first-order valence-electron chi connectivity index (χ1n) is 13.0. The molecule has 2 aromatic rings. The van der Waals surface area contributed by atoms with Crippen LogP contribution in [0, 0.1) is 0 Å². The fourth-order valence-corrected chi connectivity index (χ4v) is 5.55. The molecule has 0 N–H and O–H groups in total. The van der Waals surface area contributed by atoms with E-state index < -0.39 is 10.1 Å². The van der Waals surface area contributed by atoms with Crippen LogP contribution in [0.2, 0.25) is 0 Å². The molecule has 5 heteroatoms. The van der Waals surface area contributed by atoms with Gasteiger partial charge in [0.15, 0.2) is 0 Å². The maximum Gasteiger partial charge on any atom is 1.00 e. The molecular weight excluding hydrogens is 439 g/mol. The minimum atomic E-state index is -4.51. The largest absolute Gasteiger partial charge is 1.00 e. The number of benzene rings is 2. The summed E-state index contributed by atoms with van der Waals surface area (Å²) in [5.41, 5.74) is 1.90. The van der Waals surface area contributed by atoms with Crippen molar-refractivity contribution in [1.29, 1.82) is 0 Å². The number of rotatable bonds is 17. The van der Waals surface area contributed by atoms with Crippen molar-refractivity contribution in [3.8, 4) is 0 Å². The van der Waals surface area contributed by atoms with Crippen molar-refractivity contribution in [3.05, 3.63) is 41.5 Å². The van der Waals surface area contributed by atoms with Gasteiger partial charge >= 0.3 is 29.6 Å². The molecule has 0 fully saturated rings. The SMILES string of the molecule is CCCCCCCCCc1ccc2c(S(=O)(=O)[O-])c(CCCCCCCCC)ccc2c1.[Na+]. The summed E-state index contributed by atoms with van der Waals surface area (Å²) in [5, 5.41) is 1.45. The Balaban J connectivity index is 0.00000544. The van der Waals surface area contributed by atoms with E-state index in [-0.39, 0.29) is 34.5 Å². The minimum absolute atomic E-state index is 0. The molecule has 0 atom stereocenters. The summed E-state index contributed by atoms with van der Waals surface area (Å²) in [6.07, 6.45) is 18.8. The zero-order valence-electron chi connectivity index (χ0n) is 21.3. The normalized spacial score (nSPS) is 11.6. The molecule has 0 amide bonds. The van der Waals surface area contributed by atoms with Gasteiger partial charge in [-0.25, -0.2) is 8.42 Å². The van der Waals surface area contributed by atoms with Crippen LogP contribution in [-0.4, -0.2) is 13.0 Å². The van der Waals surface area contributed by atoms with E-state index >= 15 is 0 Å². The molecule has 0 aromatic heterocycles. The van der Waals surface area contributed by atoms with Crippen LogP contribution in [0.25, 0.3) is 10.8 Å². The fraction of sp³-hybridized carbons (Fsp3) is 0.643. The van der Waals surface area contributed by atoms with Gasteiger partial charge in [0.2, 0.25) is 0 Å². The molecule has 0 heterocycles. The maximum absolute atomic E-state index is 12.1. The summed E-state index contributed by atoms with van der Waals surface area (Å²) in [6, 6.07) is 9.78. The van der Waals surface area contributed by atoms with Crippen LogP contribution in [0.5, 0.6) is 0 Å². The van der Waals surface area contributed by atoms with Gasteiger partial charge in [-0.1, -0.05) is 121 Å². The molecule has 0 saturated heterocycles. The van der Waals surface area contributed by atoms with Crippen LogP contribution in [0.3, 0.4) is 0 Å². The van der Waals surface area contributed by atoms with Crippen molar-refractivity contribution in [2.24, 2.45) is 0 Å². The van der Waals surface area contributed by atoms with E-state index in [1.807, 2.05) is 24.3 Å². The zero-order valence-corrected chi connectivity index (χ0v) is 24.1. The van der Waals surface area contributed by atoms with Gasteiger partial charge < -0.3 is 4.55 Å². The van der Waals surface area contributed by atoms with Gasteiger partial charge in [-0.3, -0.25) is 0 Å². The van der Waals surface area contributed by atoms with Crippen molar-refractivity contribution >= 4 is 20.9 Å². The average Bonchev–Trinajstić information content (AvgIpc) is 2.76. The van der Waals surface area contributed by atoms with Crippen LogP contribution in [0.4, 0.5) is 0 Å². The van der Waals surface area contributed by atoms with Gasteiger partial charge in [0.05, 0.1) is 4.90 Å². The molecule has 0 aliphatic rings.